The maximum atomic E-state index is 11.2. The average Bonchev–Trinajstić information content (AvgIpc) is 2.06. The summed E-state index contributed by atoms with van der Waals surface area (Å²) in [6.45, 7) is 0. The molecule has 0 fully saturated rings. The van der Waals surface area contributed by atoms with Gasteiger partial charge in [-0.2, -0.15) is 0 Å². The van der Waals surface area contributed by atoms with Crippen LogP contribution in [0.15, 0.2) is 24.3 Å². The zero-order valence-corrected chi connectivity index (χ0v) is 6.21. The molecule has 2 rings (SSSR count). The third kappa shape index (κ3) is 1.03. The highest BCUT2D eigenvalue weighted by Crippen LogP contribution is 2.27. The van der Waals surface area contributed by atoms with E-state index >= 15 is 0 Å². The van der Waals surface area contributed by atoms with Gasteiger partial charge in [0.05, 0.1) is 0 Å². The van der Waals surface area contributed by atoms with Crippen LogP contribution in [0.1, 0.15) is 17.5 Å². The van der Waals surface area contributed by atoms with E-state index < -0.39 is 0 Å². The number of fused-ring (bicyclic) bond motifs is 1. The highest BCUT2D eigenvalue weighted by Gasteiger charge is 2.07. The van der Waals surface area contributed by atoms with Crippen LogP contribution in [0, 0.1) is 0 Å². The fraction of sp³-hybridized carbons (Fsp3) is 0.200. The molecule has 0 saturated heterocycles. The van der Waals surface area contributed by atoms with Crippen molar-refractivity contribution < 1.29 is 5.11 Å². The predicted octanol–water partition coefficient (Wildman–Crippen LogP) is 2.79. The van der Waals surface area contributed by atoms with Crippen LogP contribution in [0.2, 0.25) is 0 Å². The standard InChI is InChI=1S/C10H9O/c11-10-7-3-5-8-4-1-2-6-9(8)10/h2-3,5-7H,1,4H2. The second-order valence-electron chi connectivity index (χ2n) is 2.77. The maximum Gasteiger partial charge on any atom is 0.186 e. The molecule has 0 aromatic heterocycles. The maximum absolute atomic E-state index is 11.2. The van der Waals surface area contributed by atoms with E-state index in [1.165, 1.54) is 5.56 Å². The van der Waals surface area contributed by atoms with Gasteiger partial charge in [-0.1, -0.05) is 24.3 Å². The van der Waals surface area contributed by atoms with Gasteiger partial charge in [-0.05, 0) is 24.5 Å². The summed E-state index contributed by atoms with van der Waals surface area (Å²) in [4.78, 5) is 0. The summed E-state index contributed by atoms with van der Waals surface area (Å²) in [7, 11) is 0. The van der Waals surface area contributed by atoms with Gasteiger partial charge in [0.1, 0.15) is 0 Å². The normalized spacial score (nSPS) is 14.5. The Hall–Kier alpha value is -1.24. The summed E-state index contributed by atoms with van der Waals surface area (Å²) < 4.78 is 0. The Kier molecular flexibility index (Phi) is 1.42. The highest BCUT2D eigenvalue weighted by molar-refractivity contribution is 5.62. The van der Waals surface area contributed by atoms with Crippen molar-refractivity contribution in [3.8, 4) is 5.75 Å². The monoisotopic (exact) mass is 145 g/mol. The van der Waals surface area contributed by atoms with E-state index in [0.29, 0.717) is 0 Å². The molecule has 0 heterocycles. The number of benzene rings is 1. The Morgan fingerprint density at radius 3 is 3.00 bits per heavy atom. The van der Waals surface area contributed by atoms with Gasteiger partial charge in [0, 0.05) is 5.56 Å². The van der Waals surface area contributed by atoms with Crippen molar-refractivity contribution in [2.75, 3.05) is 0 Å². The number of hydrogen-bond acceptors (Lipinski definition) is 0. The Bertz CT molecular complexity index is 300. The molecule has 1 nitrogen and oxygen atoms in total. The quantitative estimate of drug-likeness (QED) is 0.535. The van der Waals surface area contributed by atoms with Crippen LogP contribution in [-0.4, -0.2) is 0 Å². The molecule has 0 spiro atoms. The van der Waals surface area contributed by atoms with E-state index in [-0.39, 0.29) is 5.75 Å². The SMILES string of the molecule is [O]c1cccc2c1C=CCC2. The summed E-state index contributed by atoms with van der Waals surface area (Å²) in [5.41, 5.74) is 2.08. The minimum absolute atomic E-state index is 0.151. The molecule has 0 amide bonds. The molecular weight excluding hydrogens is 136 g/mol. The molecule has 1 aromatic carbocycles. The Morgan fingerprint density at radius 2 is 2.18 bits per heavy atom. The molecular formula is C10H9O. The first-order valence-electron chi connectivity index (χ1n) is 3.83. The van der Waals surface area contributed by atoms with E-state index in [1.54, 1.807) is 6.07 Å². The van der Waals surface area contributed by atoms with Crippen LogP contribution in [0.25, 0.3) is 6.08 Å². The number of hydrogen-bond donors (Lipinski definition) is 0. The lowest BCUT2D eigenvalue weighted by Crippen LogP contribution is -1.92. The van der Waals surface area contributed by atoms with Gasteiger partial charge < -0.3 is 0 Å². The van der Waals surface area contributed by atoms with Gasteiger partial charge in [0.2, 0.25) is 0 Å². The van der Waals surface area contributed by atoms with Crippen LogP contribution in [-0.2, 0) is 11.5 Å². The predicted molar refractivity (Wildman–Crippen MR) is 43.9 cm³/mol. The topological polar surface area (TPSA) is 19.9 Å². The zero-order chi connectivity index (χ0) is 7.68. The van der Waals surface area contributed by atoms with Crippen LogP contribution >= 0.6 is 0 Å². The van der Waals surface area contributed by atoms with Gasteiger partial charge in [0.25, 0.3) is 0 Å². The zero-order valence-electron chi connectivity index (χ0n) is 6.21. The van der Waals surface area contributed by atoms with Crippen molar-refractivity contribution >= 4 is 6.08 Å². The molecule has 0 atom stereocenters. The van der Waals surface area contributed by atoms with Crippen molar-refractivity contribution in [2.24, 2.45) is 0 Å². The summed E-state index contributed by atoms with van der Waals surface area (Å²) in [6, 6.07) is 5.48. The largest absolute Gasteiger partial charge is 0.289 e. The molecule has 1 heteroatoms. The van der Waals surface area contributed by atoms with Gasteiger partial charge in [-0.3, -0.25) is 5.11 Å². The number of rotatable bonds is 0. The number of allylic oxidation sites excluding steroid dienone is 1. The Labute approximate surface area is 66.0 Å². The molecule has 0 unspecified atom stereocenters. The molecule has 1 radical (unpaired) electrons. The lowest BCUT2D eigenvalue weighted by molar-refractivity contribution is 0.353. The van der Waals surface area contributed by atoms with Crippen LogP contribution in [0.4, 0.5) is 0 Å². The summed E-state index contributed by atoms with van der Waals surface area (Å²) in [5, 5.41) is 11.2. The molecule has 11 heavy (non-hydrogen) atoms. The van der Waals surface area contributed by atoms with Crippen LogP contribution < -0.4 is 0 Å². The fourth-order valence-electron chi connectivity index (χ4n) is 1.44. The van der Waals surface area contributed by atoms with Gasteiger partial charge in [-0.15, -0.1) is 0 Å². The van der Waals surface area contributed by atoms with E-state index in [9.17, 15) is 5.11 Å². The average molecular weight is 145 g/mol. The molecule has 0 aliphatic heterocycles. The summed E-state index contributed by atoms with van der Waals surface area (Å²) >= 11 is 0. The first kappa shape index (κ1) is 6.47. The van der Waals surface area contributed by atoms with Crippen LogP contribution in [0.3, 0.4) is 0 Å². The van der Waals surface area contributed by atoms with Gasteiger partial charge >= 0.3 is 0 Å². The molecule has 0 bridgehead atoms. The first-order valence-corrected chi connectivity index (χ1v) is 3.83. The molecule has 0 N–H and O–H groups in total. The smallest absolute Gasteiger partial charge is 0.186 e. The second-order valence-corrected chi connectivity index (χ2v) is 2.77. The molecule has 55 valence electrons. The van der Waals surface area contributed by atoms with Crippen molar-refractivity contribution in [1.82, 2.24) is 0 Å². The first-order chi connectivity index (χ1) is 5.38. The van der Waals surface area contributed by atoms with Crippen molar-refractivity contribution in [3.63, 3.8) is 0 Å². The Morgan fingerprint density at radius 1 is 1.27 bits per heavy atom. The fourth-order valence-corrected chi connectivity index (χ4v) is 1.44. The third-order valence-electron chi connectivity index (χ3n) is 2.02. The van der Waals surface area contributed by atoms with E-state index in [1.807, 2.05) is 18.2 Å². The minimum atomic E-state index is 0.151. The second kappa shape index (κ2) is 2.42. The Balaban J connectivity index is 2.60. The molecule has 1 aromatic rings. The van der Waals surface area contributed by atoms with Crippen LogP contribution in [0.5, 0.6) is 5.75 Å². The van der Waals surface area contributed by atoms with E-state index in [4.69, 9.17) is 0 Å². The lowest BCUT2D eigenvalue weighted by Gasteiger charge is -2.08. The van der Waals surface area contributed by atoms with Crippen molar-refractivity contribution in [1.29, 1.82) is 0 Å². The summed E-state index contributed by atoms with van der Waals surface area (Å²) in [5.74, 6) is 0.151. The van der Waals surface area contributed by atoms with Gasteiger partial charge in [0.15, 0.2) is 5.75 Å². The molecule has 1 aliphatic carbocycles. The highest BCUT2D eigenvalue weighted by atomic mass is 16.3. The van der Waals surface area contributed by atoms with E-state index in [2.05, 4.69) is 6.08 Å². The van der Waals surface area contributed by atoms with Crippen molar-refractivity contribution in [2.45, 2.75) is 12.8 Å². The van der Waals surface area contributed by atoms with E-state index in [0.717, 1.165) is 18.4 Å². The third-order valence-corrected chi connectivity index (χ3v) is 2.02. The molecule has 1 aliphatic rings. The lowest BCUT2D eigenvalue weighted by atomic mass is 9.97. The molecule has 0 saturated carbocycles. The van der Waals surface area contributed by atoms with Gasteiger partial charge in [-0.25, -0.2) is 0 Å². The number of aryl methyl sites for hydroxylation is 1. The minimum Gasteiger partial charge on any atom is -0.289 e. The summed E-state index contributed by atoms with van der Waals surface area (Å²) in [6.07, 6.45) is 6.07. The van der Waals surface area contributed by atoms with Crippen molar-refractivity contribution in [3.05, 3.63) is 35.4 Å².